The van der Waals surface area contributed by atoms with Crippen LogP contribution in [0.15, 0.2) is 34.5 Å². The molecule has 0 amide bonds. The Kier molecular flexibility index (Phi) is 2.50. The normalized spacial score (nSPS) is 10.4. The third kappa shape index (κ3) is 1.93. The molecule has 3 heteroatoms. The lowest BCUT2D eigenvalue weighted by Crippen LogP contribution is -1.99. The Morgan fingerprint density at radius 3 is 3.00 bits per heavy atom. The first-order chi connectivity index (χ1) is 6.75. The van der Waals surface area contributed by atoms with Gasteiger partial charge < -0.3 is 4.42 Å². The number of Topliss-reactive ketones (excluding diaryl/α,β-unsaturated/α-hetero) is 1. The summed E-state index contributed by atoms with van der Waals surface area (Å²) in [6.07, 6.45) is 3.62. The van der Waals surface area contributed by atoms with Crippen molar-refractivity contribution in [1.29, 1.82) is 0 Å². The number of rotatable bonds is 3. The topological polar surface area (TPSA) is 30.2 Å². The van der Waals surface area contributed by atoms with Crippen LogP contribution in [0.1, 0.15) is 20.8 Å². The molecule has 0 unspecified atom stereocenters. The van der Waals surface area contributed by atoms with Gasteiger partial charge >= 0.3 is 0 Å². The first kappa shape index (κ1) is 9.21. The lowest BCUT2D eigenvalue weighted by Gasteiger charge is -1.93. The summed E-state index contributed by atoms with van der Waals surface area (Å²) >= 11 is 1.50. The standard InChI is InChI=1S/C11H10O2S/c1-8-4-11(14-7-8)10(12)5-9-2-3-13-6-9/h2-4,6-7H,5H2,1H3. The number of hydrogen-bond donors (Lipinski definition) is 0. The van der Waals surface area contributed by atoms with E-state index in [2.05, 4.69) is 0 Å². The quantitative estimate of drug-likeness (QED) is 0.722. The van der Waals surface area contributed by atoms with Crippen LogP contribution in [0.25, 0.3) is 0 Å². The minimum absolute atomic E-state index is 0.157. The fourth-order valence-corrected chi connectivity index (χ4v) is 2.08. The fraction of sp³-hybridized carbons (Fsp3) is 0.182. The molecule has 0 spiro atoms. The van der Waals surface area contributed by atoms with Gasteiger partial charge in [0, 0.05) is 6.42 Å². The minimum Gasteiger partial charge on any atom is -0.472 e. The molecule has 0 atom stereocenters. The average molecular weight is 206 g/mol. The Morgan fingerprint density at radius 1 is 1.57 bits per heavy atom. The zero-order valence-electron chi connectivity index (χ0n) is 7.82. The second-order valence-electron chi connectivity index (χ2n) is 3.22. The number of aryl methyl sites for hydroxylation is 1. The second-order valence-corrected chi connectivity index (χ2v) is 4.13. The molecule has 0 saturated heterocycles. The van der Waals surface area contributed by atoms with Gasteiger partial charge in [-0.15, -0.1) is 11.3 Å². The second kappa shape index (κ2) is 3.80. The molecule has 2 aromatic rings. The van der Waals surface area contributed by atoms with Crippen LogP contribution in [0.2, 0.25) is 0 Å². The minimum atomic E-state index is 0.157. The molecular weight excluding hydrogens is 196 g/mol. The van der Waals surface area contributed by atoms with E-state index in [4.69, 9.17) is 4.42 Å². The van der Waals surface area contributed by atoms with E-state index in [1.54, 1.807) is 12.5 Å². The van der Waals surface area contributed by atoms with E-state index in [-0.39, 0.29) is 5.78 Å². The van der Waals surface area contributed by atoms with Crippen molar-refractivity contribution < 1.29 is 9.21 Å². The van der Waals surface area contributed by atoms with E-state index in [0.717, 1.165) is 16.0 Å². The average Bonchev–Trinajstić information content (AvgIpc) is 2.75. The van der Waals surface area contributed by atoms with E-state index in [1.165, 1.54) is 11.3 Å². The monoisotopic (exact) mass is 206 g/mol. The van der Waals surface area contributed by atoms with E-state index in [9.17, 15) is 4.79 Å². The molecule has 0 saturated carbocycles. The summed E-state index contributed by atoms with van der Waals surface area (Å²) in [5.41, 5.74) is 2.08. The lowest BCUT2D eigenvalue weighted by atomic mass is 10.1. The van der Waals surface area contributed by atoms with Crippen LogP contribution in [0.5, 0.6) is 0 Å². The summed E-state index contributed by atoms with van der Waals surface area (Å²) in [6, 6.07) is 3.74. The highest BCUT2D eigenvalue weighted by atomic mass is 32.1. The predicted molar refractivity (Wildman–Crippen MR) is 55.8 cm³/mol. The first-order valence-electron chi connectivity index (χ1n) is 4.35. The van der Waals surface area contributed by atoms with E-state index in [1.807, 2.05) is 24.4 Å². The highest BCUT2D eigenvalue weighted by Gasteiger charge is 2.09. The first-order valence-corrected chi connectivity index (χ1v) is 5.23. The van der Waals surface area contributed by atoms with E-state index < -0.39 is 0 Å². The SMILES string of the molecule is Cc1csc(C(=O)Cc2ccoc2)c1. The molecule has 2 nitrogen and oxygen atoms in total. The molecule has 0 bridgehead atoms. The number of carbonyl (C=O) groups excluding carboxylic acids is 1. The van der Waals surface area contributed by atoms with Crippen molar-refractivity contribution in [3.8, 4) is 0 Å². The largest absolute Gasteiger partial charge is 0.472 e. The summed E-state index contributed by atoms with van der Waals surface area (Å²) in [5.74, 6) is 0.157. The van der Waals surface area contributed by atoms with Crippen LogP contribution in [0, 0.1) is 6.92 Å². The predicted octanol–water partition coefficient (Wildman–Crippen LogP) is 3.07. The number of hydrogen-bond acceptors (Lipinski definition) is 3. The van der Waals surface area contributed by atoms with Crippen LogP contribution >= 0.6 is 11.3 Å². The van der Waals surface area contributed by atoms with E-state index >= 15 is 0 Å². The van der Waals surface area contributed by atoms with Crippen molar-refractivity contribution in [2.75, 3.05) is 0 Å². The molecule has 2 rings (SSSR count). The molecular formula is C11H10O2S. The van der Waals surface area contributed by atoms with Gasteiger partial charge in [0.25, 0.3) is 0 Å². The lowest BCUT2D eigenvalue weighted by molar-refractivity contribution is 0.0996. The third-order valence-electron chi connectivity index (χ3n) is 1.95. The van der Waals surface area contributed by atoms with Gasteiger partial charge in [-0.2, -0.15) is 0 Å². The molecule has 72 valence electrons. The molecule has 0 N–H and O–H groups in total. The number of thiophene rings is 1. The van der Waals surface area contributed by atoms with Crippen LogP contribution in [0.3, 0.4) is 0 Å². The van der Waals surface area contributed by atoms with Gasteiger partial charge in [0.2, 0.25) is 0 Å². The highest BCUT2D eigenvalue weighted by molar-refractivity contribution is 7.12. The fourth-order valence-electron chi connectivity index (χ4n) is 1.24. The Balaban J connectivity index is 2.10. The number of furan rings is 1. The van der Waals surface area contributed by atoms with Crippen molar-refractivity contribution in [1.82, 2.24) is 0 Å². The molecule has 0 aliphatic heterocycles. The molecule has 14 heavy (non-hydrogen) atoms. The van der Waals surface area contributed by atoms with Crippen LogP contribution in [0.4, 0.5) is 0 Å². The molecule has 2 heterocycles. The van der Waals surface area contributed by atoms with Gasteiger partial charge in [0.1, 0.15) is 0 Å². The maximum absolute atomic E-state index is 11.7. The molecule has 0 aliphatic carbocycles. The van der Waals surface area contributed by atoms with Gasteiger partial charge in [-0.3, -0.25) is 4.79 Å². The van der Waals surface area contributed by atoms with Crippen molar-refractivity contribution in [3.63, 3.8) is 0 Å². The summed E-state index contributed by atoms with van der Waals surface area (Å²) in [6.45, 7) is 1.99. The Labute approximate surface area is 86.2 Å². The molecule has 0 aliphatic rings. The van der Waals surface area contributed by atoms with Gasteiger partial charge in [-0.05, 0) is 35.6 Å². The maximum atomic E-state index is 11.7. The van der Waals surface area contributed by atoms with Gasteiger partial charge in [-0.1, -0.05) is 0 Å². The highest BCUT2D eigenvalue weighted by Crippen LogP contribution is 2.16. The molecule has 2 aromatic heterocycles. The zero-order valence-corrected chi connectivity index (χ0v) is 8.64. The summed E-state index contributed by atoms with van der Waals surface area (Å²) in [5, 5.41) is 1.99. The van der Waals surface area contributed by atoms with Gasteiger partial charge in [0.05, 0.1) is 17.4 Å². The van der Waals surface area contributed by atoms with Crippen molar-refractivity contribution in [2.45, 2.75) is 13.3 Å². The van der Waals surface area contributed by atoms with Gasteiger partial charge in [0.15, 0.2) is 5.78 Å². The molecule has 0 fully saturated rings. The van der Waals surface area contributed by atoms with Crippen molar-refractivity contribution in [2.24, 2.45) is 0 Å². The Bertz CT molecular complexity index is 426. The smallest absolute Gasteiger partial charge is 0.177 e. The third-order valence-corrected chi connectivity index (χ3v) is 3.04. The Hall–Kier alpha value is -1.35. The van der Waals surface area contributed by atoms with Crippen LogP contribution in [-0.2, 0) is 6.42 Å². The van der Waals surface area contributed by atoms with Crippen LogP contribution < -0.4 is 0 Å². The van der Waals surface area contributed by atoms with Crippen LogP contribution in [-0.4, -0.2) is 5.78 Å². The van der Waals surface area contributed by atoms with Crippen molar-refractivity contribution in [3.05, 3.63) is 46.0 Å². The van der Waals surface area contributed by atoms with Gasteiger partial charge in [-0.25, -0.2) is 0 Å². The molecule has 0 aromatic carbocycles. The summed E-state index contributed by atoms with van der Waals surface area (Å²) < 4.78 is 4.91. The molecule has 0 radical (unpaired) electrons. The number of carbonyl (C=O) groups is 1. The maximum Gasteiger partial charge on any atom is 0.177 e. The number of ketones is 1. The zero-order chi connectivity index (χ0) is 9.97. The Morgan fingerprint density at radius 2 is 2.43 bits per heavy atom. The van der Waals surface area contributed by atoms with Crippen molar-refractivity contribution >= 4 is 17.1 Å². The summed E-state index contributed by atoms with van der Waals surface area (Å²) in [7, 11) is 0. The van der Waals surface area contributed by atoms with E-state index in [0.29, 0.717) is 6.42 Å². The summed E-state index contributed by atoms with van der Waals surface area (Å²) in [4.78, 5) is 12.5.